The summed E-state index contributed by atoms with van der Waals surface area (Å²) in [6.45, 7) is -0.975. The number of carbonyl (C=O) groups is 2. The second-order valence-electron chi connectivity index (χ2n) is 2.87. The first kappa shape index (κ1) is 12.6. The highest BCUT2D eigenvalue weighted by Crippen LogP contribution is 2.15. The highest BCUT2D eigenvalue weighted by atomic mass is 32.2. The fraction of sp³-hybridized carbons (Fsp3) is 0.333. The van der Waals surface area contributed by atoms with Crippen LogP contribution in [-0.4, -0.2) is 30.7 Å². The molecule has 0 fully saturated rings. The lowest BCUT2D eigenvalue weighted by Crippen LogP contribution is -2.37. The number of hydrogen-bond acceptors (Lipinski definition) is 2. The summed E-state index contributed by atoms with van der Waals surface area (Å²) in [4.78, 5) is 22.3. The van der Waals surface area contributed by atoms with Crippen LogP contribution in [0.4, 0.5) is 13.6 Å². The van der Waals surface area contributed by atoms with E-state index in [0.29, 0.717) is 0 Å². The third-order valence-corrected chi connectivity index (χ3v) is 3.10. The van der Waals surface area contributed by atoms with E-state index >= 15 is 0 Å². The number of carbonyl (C=O) groups excluding carboxylic acids is 2. The Morgan fingerprint density at radius 1 is 1.19 bits per heavy atom. The van der Waals surface area contributed by atoms with E-state index in [1.807, 2.05) is 5.32 Å². The molecule has 0 unspecified atom stereocenters. The molecule has 4 nitrogen and oxygen atoms in total. The van der Waals surface area contributed by atoms with Gasteiger partial charge in [0.05, 0.1) is 17.0 Å². The van der Waals surface area contributed by atoms with Crippen LogP contribution in [0.15, 0.2) is 22.9 Å². The molecular weight excluding hydrogens is 238 g/mol. The van der Waals surface area contributed by atoms with Crippen molar-refractivity contribution < 1.29 is 18.4 Å². The van der Waals surface area contributed by atoms with Crippen LogP contribution < -0.4 is 10.6 Å². The van der Waals surface area contributed by atoms with Gasteiger partial charge in [-0.15, -0.1) is 0 Å². The standard InChI is InChI=1S/C9H10F2N2O2S/c10-7(11)5-12-8(14)6-13-9(15)16-3-1-2-4-16/h1-4,7H,5-6H2,(H-,12,13,14,15)/p+1. The van der Waals surface area contributed by atoms with E-state index in [-0.39, 0.29) is 11.8 Å². The van der Waals surface area contributed by atoms with Crippen molar-refractivity contribution in [3.8, 4) is 0 Å². The maximum absolute atomic E-state index is 11.7. The minimum atomic E-state index is -2.58. The number of amides is 2. The minimum Gasteiger partial charge on any atom is -0.349 e. The molecule has 2 amide bonds. The van der Waals surface area contributed by atoms with Crippen LogP contribution in [0.1, 0.15) is 0 Å². The largest absolute Gasteiger partial charge is 0.456 e. The molecule has 7 heteroatoms. The lowest BCUT2D eigenvalue weighted by atomic mass is 10.5. The van der Waals surface area contributed by atoms with Gasteiger partial charge in [-0.05, 0) is 12.1 Å². The van der Waals surface area contributed by atoms with Crippen molar-refractivity contribution >= 4 is 21.6 Å². The molecule has 0 aliphatic heterocycles. The summed E-state index contributed by atoms with van der Waals surface area (Å²) in [6.07, 6.45) is -2.58. The number of thiophene rings is 1. The molecule has 0 aliphatic carbocycles. The fourth-order valence-corrected chi connectivity index (χ4v) is 2.02. The Labute approximate surface area is 93.6 Å². The summed E-state index contributed by atoms with van der Waals surface area (Å²) in [6, 6.07) is 3.47. The Bertz CT molecular complexity index is 354. The molecule has 1 rings (SSSR count). The Morgan fingerprint density at radius 3 is 2.38 bits per heavy atom. The monoisotopic (exact) mass is 249 g/mol. The Balaban J connectivity index is 2.24. The number of rotatable bonds is 5. The van der Waals surface area contributed by atoms with Crippen LogP contribution in [-0.2, 0) is 4.79 Å². The van der Waals surface area contributed by atoms with Gasteiger partial charge in [-0.25, -0.2) is 13.6 Å². The average Bonchev–Trinajstić information content (AvgIpc) is 2.76. The van der Waals surface area contributed by atoms with E-state index in [4.69, 9.17) is 0 Å². The molecule has 0 radical (unpaired) electrons. The third-order valence-electron chi connectivity index (χ3n) is 1.62. The van der Waals surface area contributed by atoms with E-state index in [1.54, 1.807) is 22.9 Å². The molecule has 16 heavy (non-hydrogen) atoms. The number of halogens is 2. The van der Waals surface area contributed by atoms with Gasteiger partial charge < -0.3 is 5.32 Å². The van der Waals surface area contributed by atoms with Gasteiger partial charge in [0, 0.05) is 0 Å². The predicted octanol–water partition coefficient (Wildman–Crippen LogP) is 1.37. The summed E-state index contributed by atoms with van der Waals surface area (Å²) in [5.41, 5.74) is 0. The lowest BCUT2D eigenvalue weighted by molar-refractivity contribution is -0.120. The van der Waals surface area contributed by atoms with Crippen molar-refractivity contribution in [3.63, 3.8) is 0 Å². The maximum Gasteiger partial charge on any atom is 0.456 e. The zero-order chi connectivity index (χ0) is 12.0. The molecule has 0 bridgehead atoms. The molecular formula is C9H11F2N2O2S+. The zero-order valence-electron chi connectivity index (χ0n) is 8.28. The zero-order valence-corrected chi connectivity index (χ0v) is 9.10. The summed E-state index contributed by atoms with van der Waals surface area (Å²) in [5.74, 6) is -0.621. The first-order chi connectivity index (χ1) is 7.59. The van der Waals surface area contributed by atoms with E-state index in [9.17, 15) is 18.4 Å². The van der Waals surface area contributed by atoms with Gasteiger partial charge in [0.1, 0.15) is 17.3 Å². The van der Waals surface area contributed by atoms with Gasteiger partial charge in [-0.3, -0.25) is 10.1 Å². The summed E-state index contributed by atoms with van der Waals surface area (Å²) in [7, 11) is -0.640. The highest BCUT2D eigenvalue weighted by molar-refractivity contribution is 7.48. The molecule has 0 saturated heterocycles. The van der Waals surface area contributed by atoms with Gasteiger partial charge in [0.2, 0.25) is 5.91 Å². The Morgan fingerprint density at radius 2 is 1.81 bits per heavy atom. The molecule has 1 aromatic heterocycles. The van der Waals surface area contributed by atoms with Crippen LogP contribution in [0, 0.1) is 0 Å². The van der Waals surface area contributed by atoms with Gasteiger partial charge >= 0.3 is 5.24 Å². The predicted molar refractivity (Wildman–Crippen MR) is 56.7 cm³/mol. The first-order valence-electron chi connectivity index (χ1n) is 4.49. The van der Waals surface area contributed by atoms with Crippen molar-refractivity contribution in [2.45, 2.75) is 6.43 Å². The highest BCUT2D eigenvalue weighted by Gasteiger charge is 2.16. The molecule has 0 aliphatic rings. The van der Waals surface area contributed by atoms with Gasteiger partial charge in [0.15, 0.2) is 0 Å². The Kier molecular flexibility index (Phi) is 4.84. The van der Waals surface area contributed by atoms with Gasteiger partial charge in [0.25, 0.3) is 6.43 Å². The summed E-state index contributed by atoms with van der Waals surface area (Å²) >= 11 is 0. The second-order valence-corrected chi connectivity index (χ2v) is 4.52. The minimum absolute atomic E-state index is 0.281. The number of nitrogens with one attached hydrogen (secondary N) is 2. The van der Waals surface area contributed by atoms with Crippen LogP contribution in [0.3, 0.4) is 0 Å². The van der Waals surface area contributed by atoms with Crippen LogP contribution in [0.2, 0.25) is 0 Å². The van der Waals surface area contributed by atoms with Crippen molar-refractivity contribution in [2.75, 3.05) is 13.1 Å². The average molecular weight is 249 g/mol. The normalized spacial score (nSPS) is 10.2. The molecule has 2 N–H and O–H groups in total. The van der Waals surface area contributed by atoms with E-state index in [1.165, 1.54) is 0 Å². The SMILES string of the molecule is O=C(CNC(=O)[s+]1cccc1)NCC(F)F. The maximum atomic E-state index is 11.7. The molecule has 0 saturated carbocycles. The summed E-state index contributed by atoms with van der Waals surface area (Å²) in [5, 5.41) is 7.46. The van der Waals surface area contributed by atoms with Crippen molar-refractivity contribution in [2.24, 2.45) is 0 Å². The number of alkyl halides is 2. The Hall–Kier alpha value is -1.50. The molecule has 1 aromatic rings. The van der Waals surface area contributed by atoms with Gasteiger partial charge in [-0.2, -0.15) is 0 Å². The molecule has 0 aromatic carbocycles. The van der Waals surface area contributed by atoms with Crippen LogP contribution in [0.25, 0.3) is 0 Å². The van der Waals surface area contributed by atoms with Gasteiger partial charge in [-0.1, -0.05) is 0 Å². The second kappa shape index (κ2) is 6.16. The van der Waals surface area contributed by atoms with Crippen molar-refractivity contribution in [3.05, 3.63) is 22.9 Å². The van der Waals surface area contributed by atoms with Crippen LogP contribution >= 0.6 is 10.5 Å². The first-order valence-corrected chi connectivity index (χ1v) is 5.84. The number of hydrogen-bond donors (Lipinski definition) is 2. The van der Waals surface area contributed by atoms with E-state index in [0.717, 1.165) is 0 Å². The summed E-state index contributed by atoms with van der Waals surface area (Å²) < 4.78 is 23.4. The quantitative estimate of drug-likeness (QED) is 0.774. The van der Waals surface area contributed by atoms with E-state index < -0.39 is 29.3 Å². The van der Waals surface area contributed by atoms with Crippen molar-refractivity contribution in [1.82, 2.24) is 10.6 Å². The topological polar surface area (TPSA) is 58.2 Å². The fourth-order valence-electron chi connectivity index (χ4n) is 0.918. The molecule has 88 valence electrons. The molecule has 0 atom stereocenters. The molecule has 0 spiro atoms. The molecule has 1 heterocycles. The van der Waals surface area contributed by atoms with E-state index in [2.05, 4.69) is 5.32 Å². The van der Waals surface area contributed by atoms with Crippen LogP contribution in [0.5, 0.6) is 0 Å². The smallest absolute Gasteiger partial charge is 0.349 e. The van der Waals surface area contributed by atoms with Crippen molar-refractivity contribution in [1.29, 1.82) is 0 Å². The lowest BCUT2D eigenvalue weighted by Gasteiger charge is -2.02. The third kappa shape index (κ3) is 4.35.